The van der Waals surface area contributed by atoms with Crippen molar-refractivity contribution in [3.8, 4) is 11.6 Å². The number of anilines is 2. The van der Waals surface area contributed by atoms with Crippen molar-refractivity contribution in [2.24, 2.45) is 0 Å². The number of aromatic nitrogens is 2. The zero-order valence-electron chi connectivity index (χ0n) is 11.4. The molecule has 2 N–H and O–H groups in total. The van der Waals surface area contributed by atoms with Crippen LogP contribution in [0.3, 0.4) is 0 Å². The summed E-state index contributed by atoms with van der Waals surface area (Å²) in [5.74, 6) is 1.74. The summed E-state index contributed by atoms with van der Waals surface area (Å²) >= 11 is 0. The van der Waals surface area contributed by atoms with Gasteiger partial charge in [0.25, 0.3) is 0 Å². The van der Waals surface area contributed by atoms with E-state index in [4.69, 9.17) is 10.5 Å². The molecule has 2 rings (SSSR count). The molecule has 0 aliphatic carbocycles. The molecule has 0 aliphatic rings. The molecule has 5 nitrogen and oxygen atoms in total. The van der Waals surface area contributed by atoms with Crippen LogP contribution in [0.1, 0.15) is 12.5 Å². The topological polar surface area (TPSA) is 64.3 Å². The van der Waals surface area contributed by atoms with Gasteiger partial charge >= 0.3 is 0 Å². The van der Waals surface area contributed by atoms with Gasteiger partial charge in [-0.05, 0) is 24.1 Å². The number of aryl methyl sites for hydroxylation is 1. The van der Waals surface area contributed by atoms with Gasteiger partial charge in [0.15, 0.2) is 5.82 Å². The number of hydrogen-bond donors (Lipinski definition) is 1. The molecule has 19 heavy (non-hydrogen) atoms. The van der Waals surface area contributed by atoms with Crippen molar-refractivity contribution in [2.45, 2.75) is 13.3 Å². The molecule has 0 aliphatic heterocycles. The first-order valence-corrected chi connectivity index (χ1v) is 6.16. The Morgan fingerprint density at radius 1 is 1.16 bits per heavy atom. The van der Waals surface area contributed by atoms with Crippen LogP contribution in [0.2, 0.25) is 0 Å². The highest BCUT2D eigenvalue weighted by atomic mass is 16.5. The largest absolute Gasteiger partial charge is 0.437 e. The average Bonchev–Trinajstić information content (AvgIpc) is 2.41. The first-order chi connectivity index (χ1) is 9.11. The van der Waals surface area contributed by atoms with Crippen LogP contribution in [0.15, 0.2) is 30.6 Å². The molecular weight excluding hydrogens is 240 g/mol. The minimum atomic E-state index is 0.378. The van der Waals surface area contributed by atoms with Gasteiger partial charge in [0.1, 0.15) is 17.8 Å². The monoisotopic (exact) mass is 258 g/mol. The number of rotatable bonds is 4. The lowest BCUT2D eigenvalue weighted by atomic mass is 10.2. The normalized spacial score (nSPS) is 10.3. The smallest absolute Gasteiger partial charge is 0.248 e. The number of hydrogen-bond acceptors (Lipinski definition) is 5. The van der Waals surface area contributed by atoms with E-state index >= 15 is 0 Å². The van der Waals surface area contributed by atoms with Crippen molar-refractivity contribution in [3.05, 3.63) is 36.2 Å². The van der Waals surface area contributed by atoms with Crippen molar-refractivity contribution in [1.29, 1.82) is 0 Å². The number of nitrogens with zero attached hydrogens (tertiary/aromatic N) is 3. The van der Waals surface area contributed by atoms with Gasteiger partial charge in [0.05, 0.1) is 0 Å². The van der Waals surface area contributed by atoms with E-state index in [1.807, 2.05) is 43.3 Å². The van der Waals surface area contributed by atoms with E-state index in [0.29, 0.717) is 23.1 Å². The Hall–Kier alpha value is -2.30. The lowest BCUT2D eigenvalue weighted by Gasteiger charge is -2.15. The standard InChI is InChI=1S/C14H18N4O/c1-4-10-5-7-11(8-6-10)19-14-12(15)13(18(2)3)16-9-17-14/h5-9H,4,15H2,1-3H3. The molecule has 0 fully saturated rings. The van der Waals surface area contributed by atoms with E-state index in [9.17, 15) is 0 Å². The molecule has 1 aromatic carbocycles. The highest BCUT2D eigenvalue weighted by Gasteiger charge is 2.11. The molecule has 0 radical (unpaired) electrons. The van der Waals surface area contributed by atoms with Gasteiger partial charge in [-0.1, -0.05) is 19.1 Å². The van der Waals surface area contributed by atoms with Crippen molar-refractivity contribution >= 4 is 11.5 Å². The zero-order chi connectivity index (χ0) is 13.8. The van der Waals surface area contributed by atoms with Crippen LogP contribution in [0.25, 0.3) is 0 Å². The first-order valence-electron chi connectivity index (χ1n) is 6.16. The lowest BCUT2D eigenvalue weighted by Crippen LogP contribution is -2.14. The average molecular weight is 258 g/mol. The van der Waals surface area contributed by atoms with Crippen LogP contribution >= 0.6 is 0 Å². The van der Waals surface area contributed by atoms with Gasteiger partial charge in [0.2, 0.25) is 5.88 Å². The molecule has 0 bridgehead atoms. The first kappa shape index (κ1) is 13.1. The third kappa shape index (κ3) is 2.93. The Morgan fingerprint density at radius 2 is 1.84 bits per heavy atom. The maximum Gasteiger partial charge on any atom is 0.248 e. The predicted octanol–water partition coefficient (Wildman–Crippen LogP) is 2.48. The van der Waals surface area contributed by atoms with Crippen LogP contribution in [0.4, 0.5) is 11.5 Å². The van der Waals surface area contributed by atoms with E-state index in [2.05, 4.69) is 16.9 Å². The van der Waals surface area contributed by atoms with Gasteiger partial charge in [-0.2, -0.15) is 4.98 Å². The van der Waals surface area contributed by atoms with Gasteiger partial charge in [-0.3, -0.25) is 0 Å². The fourth-order valence-electron chi connectivity index (χ4n) is 1.71. The third-order valence-electron chi connectivity index (χ3n) is 2.80. The van der Waals surface area contributed by atoms with Crippen LogP contribution in [-0.4, -0.2) is 24.1 Å². The fourth-order valence-corrected chi connectivity index (χ4v) is 1.71. The number of nitrogens with two attached hydrogens (primary N) is 1. The minimum absolute atomic E-state index is 0.378. The lowest BCUT2D eigenvalue weighted by molar-refractivity contribution is 0.464. The van der Waals surface area contributed by atoms with E-state index in [1.165, 1.54) is 11.9 Å². The predicted molar refractivity (Wildman–Crippen MR) is 76.7 cm³/mol. The van der Waals surface area contributed by atoms with E-state index < -0.39 is 0 Å². The summed E-state index contributed by atoms with van der Waals surface area (Å²) < 4.78 is 5.70. The van der Waals surface area contributed by atoms with Gasteiger partial charge in [-0.25, -0.2) is 4.98 Å². The molecule has 2 aromatic rings. The van der Waals surface area contributed by atoms with Crippen LogP contribution in [0.5, 0.6) is 11.6 Å². The molecule has 0 unspecified atom stereocenters. The Labute approximate surface area is 113 Å². The summed E-state index contributed by atoms with van der Waals surface area (Å²) in [7, 11) is 3.75. The molecule has 0 amide bonds. The highest BCUT2D eigenvalue weighted by Crippen LogP contribution is 2.30. The van der Waals surface area contributed by atoms with Gasteiger partial charge in [-0.15, -0.1) is 0 Å². The van der Waals surface area contributed by atoms with Crippen molar-refractivity contribution < 1.29 is 4.74 Å². The van der Waals surface area contributed by atoms with Gasteiger partial charge < -0.3 is 15.4 Å². The molecule has 100 valence electrons. The summed E-state index contributed by atoms with van der Waals surface area (Å²) in [6.45, 7) is 2.11. The number of benzene rings is 1. The minimum Gasteiger partial charge on any atom is -0.437 e. The van der Waals surface area contributed by atoms with E-state index in [0.717, 1.165) is 6.42 Å². The zero-order valence-corrected chi connectivity index (χ0v) is 11.4. The van der Waals surface area contributed by atoms with Crippen molar-refractivity contribution in [2.75, 3.05) is 24.7 Å². The number of nitrogen functional groups attached to an aromatic ring is 1. The Bertz CT molecular complexity index is 552. The second-order valence-electron chi connectivity index (χ2n) is 4.41. The van der Waals surface area contributed by atoms with Crippen molar-refractivity contribution in [3.63, 3.8) is 0 Å². The Balaban J connectivity index is 2.25. The molecular formula is C14H18N4O. The summed E-state index contributed by atoms with van der Waals surface area (Å²) in [6, 6.07) is 7.88. The summed E-state index contributed by atoms with van der Waals surface area (Å²) in [6.07, 6.45) is 2.45. The molecule has 5 heteroatoms. The van der Waals surface area contributed by atoms with Crippen molar-refractivity contribution in [1.82, 2.24) is 9.97 Å². The fraction of sp³-hybridized carbons (Fsp3) is 0.286. The molecule has 0 spiro atoms. The SMILES string of the molecule is CCc1ccc(Oc2ncnc(N(C)C)c2N)cc1. The highest BCUT2D eigenvalue weighted by molar-refractivity contribution is 5.67. The molecule has 0 saturated heterocycles. The van der Waals surface area contributed by atoms with E-state index in [1.54, 1.807) is 0 Å². The second-order valence-corrected chi connectivity index (χ2v) is 4.41. The van der Waals surface area contributed by atoms with Gasteiger partial charge in [0, 0.05) is 14.1 Å². The van der Waals surface area contributed by atoms with Crippen LogP contribution < -0.4 is 15.4 Å². The van der Waals surface area contributed by atoms with E-state index in [-0.39, 0.29) is 0 Å². The van der Waals surface area contributed by atoms with Crippen LogP contribution in [0, 0.1) is 0 Å². The van der Waals surface area contributed by atoms with Crippen LogP contribution in [-0.2, 0) is 6.42 Å². The molecule has 0 atom stereocenters. The Morgan fingerprint density at radius 3 is 2.42 bits per heavy atom. The Kier molecular flexibility index (Phi) is 3.85. The molecule has 1 aromatic heterocycles. The summed E-state index contributed by atoms with van der Waals surface area (Å²) in [5.41, 5.74) is 7.69. The maximum atomic E-state index is 6.00. The number of ether oxygens (including phenoxy) is 1. The second kappa shape index (κ2) is 5.56. The molecule has 1 heterocycles. The summed E-state index contributed by atoms with van der Waals surface area (Å²) in [5, 5.41) is 0. The molecule has 0 saturated carbocycles. The quantitative estimate of drug-likeness (QED) is 0.912. The maximum absolute atomic E-state index is 6.00. The summed E-state index contributed by atoms with van der Waals surface area (Å²) in [4.78, 5) is 10.0. The third-order valence-corrected chi connectivity index (χ3v) is 2.80.